The Bertz CT molecular complexity index is 934. The standard InChI is InChI=1S/C19H18BrN3O2/c20-13-6-9-17-16(10-13)15-2-1-3-18(19(15)22-17)21-11-12-4-7-14(8-5-12)23(24)25/h4-10,18,21-22H,1-3,11H2. The van der Waals surface area contributed by atoms with Crippen LogP contribution in [0.1, 0.15) is 35.7 Å². The van der Waals surface area contributed by atoms with Crippen molar-refractivity contribution >= 4 is 32.5 Å². The molecule has 0 fully saturated rings. The van der Waals surface area contributed by atoms with Gasteiger partial charge in [-0.05, 0) is 48.6 Å². The number of aromatic nitrogens is 1. The van der Waals surface area contributed by atoms with Crippen molar-refractivity contribution in [3.05, 3.63) is 73.9 Å². The highest BCUT2D eigenvalue weighted by Crippen LogP contribution is 2.35. The van der Waals surface area contributed by atoms with E-state index in [9.17, 15) is 10.1 Å². The average molecular weight is 400 g/mol. The van der Waals surface area contributed by atoms with Gasteiger partial charge >= 0.3 is 0 Å². The maximum atomic E-state index is 10.7. The van der Waals surface area contributed by atoms with Crippen molar-refractivity contribution in [1.82, 2.24) is 10.3 Å². The SMILES string of the molecule is O=[N+]([O-])c1ccc(CNC2CCCc3c2[nH]c2ccc(Br)cc32)cc1. The number of rotatable bonds is 4. The van der Waals surface area contributed by atoms with Crippen molar-refractivity contribution in [3.8, 4) is 0 Å². The van der Waals surface area contributed by atoms with E-state index in [-0.39, 0.29) is 16.7 Å². The Balaban J connectivity index is 1.55. The van der Waals surface area contributed by atoms with E-state index in [4.69, 9.17) is 0 Å². The molecule has 1 aliphatic rings. The predicted molar refractivity (Wildman–Crippen MR) is 102 cm³/mol. The Morgan fingerprint density at radius 3 is 2.80 bits per heavy atom. The van der Waals surface area contributed by atoms with E-state index in [0.29, 0.717) is 6.54 Å². The first-order valence-corrected chi connectivity index (χ1v) is 9.18. The zero-order valence-electron chi connectivity index (χ0n) is 13.6. The number of nitro groups is 1. The van der Waals surface area contributed by atoms with E-state index in [1.165, 1.54) is 22.2 Å². The van der Waals surface area contributed by atoms with Crippen molar-refractivity contribution in [1.29, 1.82) is 0 Å². The van der Waals surface area contributed by atoms with Crippen LogP contribution in [0.15, 0.2) is 46.9 Å². The van der Waals surface area contributed by atoms with Gasteiger partial charge in [0.25, 0.3) is 5.69 Å². The van der Waals surface area contributed by atoms with Crippen LogP contribution in [0.2, 0.25) is 0 Å². The number of benzene rings is 2. The monoisotopic (exact) mass is 399 g/mol. The van der Waals surface area contributed by atoms with Crippen LogP contribution in [0.3, 0.4) is 0 Å². The summed E-state index contributed by atoms with van der Waals surface area (Å²) in [5.41, 5.74) is 5.05. The van der Waals surface area contributed by atoms with Gasteiger partial charge in [0, 0.05) is 45.8 Å². The minimum absolute atomic E-state index is 0.130. The summed E-state index contributed by atoms with van der Waals surface area (Å²) >= 11 is 3.56. The normalized spacial score (nSPS) is 16.8. The number of hydrogen-bond acceptors (Lipinski definition) is 3. The van der Waals surface area contributed by atoms with Gasteiger partial charge in [0.1, 0.15) is 0 Å². The van der Waals surface area contributed by atoms with E-state index < -0.39 is 0 Å². The number of H-pyrrole nitrogens is 1. The summed E-state index contributed by atoms with van der Waals surface area (Å²) < 4.78 is 1.10. The third-order valence-electron chi connectivity index (χ3n) is 4.87. The summed E-state index contributed by atoms with van der Waals surface area (Å²) in [6, 6.07) is 13.4. The number of nitrogens with one attached hydrogen (secondary N) is 2. The molecule has 0 saturated heterocycles. The van der Waals surface area contributed by atoms with Crippen LogP contribution in [-0.2, 0) is 13.0 Å². The molecule has 1 atom stereocenters. The van der Waals surface area contributed by atoms with Gasteiger partial charge < -0.3 is 10.3 Å². The molecule has 0 bridgehead atoms. The number of aromatic amines is 1. The topological polar surface area (TPSA) is 71.0 Å². The van der Waals surface area contributed by atoms with E-state index in [2.05, 4.69) is 44.4 Å². The lowest BCUT2D eigenvalue weighted by Crippen LogP contribution is -2.24. The molecular formula is C19H18BrN3O2. The lowest BCUT2D eigenvalue weighted by molar-refractivity contribution is -0.384. The van der Waals surface area contributed by atoms with Crippen LogP contribution in [0, 0.1) is 10.1 Å². The first-order chi connectivity index (χ1) is 12.1. The lowest BCUT2D eigenvalue weighted by Gasteiger charge is -2.24. The molecule has 0 spiro atoms. The maximum Gasteiger partial charge on any atom is 0.269 e. The quantitative estimate of drug-likeness (QED) is 0.478. The molecule has 3 aromatic rings. The van der Waals surface area contributed by atoms with Gasteiger partial charge in [0.05, 0.1) is 4.92 Å². The van der Waals surface area contributed by atoms with Gasteiger partial charge in [0.15, 0.2) is 0 Å². The molecule has 6 heteroatoms. The van der Waals surface area contributed by atoms with Gasteiger partial charge in [-0.1, -0.05) is 28.1 Å². The third-order valence-corrected chi connectivity index (χ3v) is 5.36. The Labute approximate surface area is 153 Å². The fourth-order valence-corrected chi connectivity index (χ4v) is 3.98. The number of hydrogen-bond donors (Lipinski definition) is 2. The summed E-state index contributed by atoms with van der Waals surface area (Å²) in [6.07, 6.45) is 3.35. The first-order valence-electron chi connectivity index (χ1n) is 8.38. The molecule has 1 unspecified atom stereocenters. The zero-order chi connectivity index (χ0) is 17.4. The van der Waals surface area contributed by atoms with Crippen LogP contribution in [0.5, 0.6) is 0 Å². The highest BCUT2D eigenvalue weighted by Gasteiger charge is 2.24. The van der Waals surface area contributed by atoms with Crippen molar-refractivity contribution in [2.75, 3.05) is 0 Å². The minimum atomic E-state index is -0.368. The van der Waals surface area contributed by atoms with Gasteiger partial charge in [-0.25, -0.2) is 0 Å². The number of aryl methyl sites for hydroxylation is 1. The second-order valence-corrected chi connectivity index (χ2v) is 7.37. The van der Waals surface area contributed by atoms with Gasteiger partial charge in [-0.15, -0.1) is 0 Å². The second-order valence-electron chi connectivity index (χ2n) is 6.46. The van der Waals surface area contributed by atoms with Crippen LogP contribution >= 0.6 is 15.9 Å². The van der Waals surface area contributed by atoms with E-state index in [1.54, 1.807) is 12.1 Å². The first kappa shape index (κ1) is 16.3. The molecule has 5 nitrogen and oxygen atoms in total. The zero-order valence-corrected chi connectivity index (χ0v) is 15.2. The van der Waals surface area contributed by atoms with E-state index in [1.807, 2.05) is 12.1 Å². The molecule has 128 valence electrons. The van der Waals surface area contributed by atoms with Gasteiger partial charge in [-0.3, -0.25) is 10.1 Å². The number of halogens is 1. The van der Waals surface area contributed by atoms with E-state index in [0.717, 1.165) is 29.3 Å². The molecule has 0 saturated carbocycles. The molecule has 1 aliphatic carbocycles. The van der Waals surface area contributed by atoms with Gasteiger partial charge in [0.2, 0.25) is 0 Å². The highest BCUT2D eigenvalue weighted by atomic mass is 79.9. The van der Waals surface area contributed by atoms with Gasteiger partial charge in [-0.2, -0.15) is 0 Å². The second kappa shape index (κ2) is 6.61. The van der Waals surface area contributed by atoms with E-state index >= 15 is 0 Å². The molecule has 0 amide bonds. The predicted octanol–water partition coefficient (Wildman–Crippen LogP) is 5.01. The molecule has 1 heterocycles. The third kappa shape index (κ3) is 3.19. The van der Waals surface area contributed by atoms with Crippen molar-refractivity contribution in [3.63, 3.8) is 0 Å². The Kier molecular flexibility index (Phi) is 4.31. The smallest absolute Gasteiger partial charge is 0.269 e. The molecule has 4 rings (SSSR count). The van der Waals surface area contributed by atoms with Crippen LogP contribution in [0.25, 0.3) is 10.9 Å². The fraction of sp³-hybridized carbons (Fsp3) is 0.263. The van der Waals surface area contributed by atoms with Crippen molar-refractivity contribution in [2.24, 2.45) is 0 Å². The van der Waals surface area contributed by atoms with Crippen LogP contribution < -0.4 is 5.32 Å². The maximum absolute atomic E-state index is 10.7. The number of nitro benzene ring substituents is 1. The summed E-state index contributed by atoms with van der Waals surface area (Å²) in [6.45, 7) is 0.696. The van der Waals surface area contributed by atoms with Crippen LogP contribution in [-0.4, -0.2) is 9.91 Å². The number of fused-ring (bicyclic) bond motifs is 3. The Hall–Kier alpha value is -2.18. The van der Waals surface area contributed by atoms with Crippen molar-refractivity contribution in [2.45, 2.75) is 31.8 Å². The summed E-state index contributed by atoms with van der Waals surface area (Å²) in [5.74, 6) is 0. The Morgan fingerprint density at radius 1 is 1.24 bits per heavy atom. The minimum Gasteiger partial charge on any atom is -0.357 e. The molecule has 1 aromatic heterocycles. The molecule has 25 heavy (non-hydrogen) atoms. The molecule has 2 aromatic carbocycles. The van der Waals surface area contributed by atoms with Crippen LogP contribution in [0.4, 0.5) is 5.69 Å². The highest BCUT2D eigenvalue weighted by molar-refractivity contribution is 9.10. The number of nitrogens with zero attached hydrogens (tertiary/aromatic N) is 1. The molecular weight excluding hydrogens is 382 g/mol. The summed E-state index contributed by atoms with van der Waals surface area (Å²) in [7, 11) is 0. The lowest BCUT2D eigenvalue weighted by atomic mass is 9.91. The fourth-order valence-electron chi connectivity index (χ4n) is 3.62. The molecule has 0 aliphatic heterocycles. The Morgan fingerprint density at radius 2 is 2.04 bits per heavy atom. The average Bonchev–Trinajstić information content (AvgIpc) is 2.99. The summed E-state index contributed by atoms with van der Waals surface area (Å²) in [4.78, 5) is 14.0. The largest absolute Gasteiger partial charge is 0.357 e. The summed E-state index contributed by atoms with van der Waals surface area (Å²) in [5, 5.41) is 15.6. The molecule has 2 N–H and O–H groups in total. The van der Waals surface area contributed by atoms with Crippen molar-refractivity contribution < 1.29 is 4.92 Å². The molecule has 0 radical (unpaired) electrons. The number of non-ortho nitro benzene ring substituents is 1.